The van der Waals surface area contributed by atoms with Crippen molar-refractivity contribution in [3.05, 3.63) is 89.0 Å². The van der Waals surface area contributed by atoms with Crippen molar-refractivity contribution in [1.29, 1.82) is 0 Å². The Morgan fingerprint density at radius 1 is 0.781 bits per heavy atom. The molecule has 0 aromatic heterocycles. The van der Waals surface area contributed by atoms with E-state index in [1.807, 2.05) is 50.2 Å². The van der Waals surface area contributed by atoms with Crippen LogP contribution in [0.1, 0.15) is 56.4 Å². The molecule has 0 aliphatic carbocycles. The first-order chi connectivity index (χ1) is 15.4. The fraction of sp³-hybridized carbons (Fsp3) is 0.192. The quantitative estimate of drug-likeness (QED) is 0.536. The Bertz CT molecular complexity index is 1140. The zero-order chi connectivity index (χ0) is 23.3. The zero-order valence-corrected chi connectivity index (χ0v) is 18.5. The van der Waals surface area contributed by atoms with E-state index >= 15 is 0 Å². The van der Waals surface area contributed by atoms with Gasteiger partial charge in [-0.15, -0.1) is 0 Å². The van der Waals surface area contributed by atoms with E-state index < -0.39 is 17.8 Å². The molecule has 3 rings (SSSR count). The lowest BCUT2D eigenvalue weighted by Gasteiger charge is -2.22. The first-order valence-electron chi connectivity index (χ1n) is 10.2. The van der Waals surface area contributed by atoms with Crippen LogP contribution in [0.4, 0.5) is 5.69 Å². The molecule has 6 nitrogen and oxygen atoms in total. The fourth-order valence-electron chi connectivity index (χ4n) is 3.54. The highest BCUT2D eigenvalue weighted by Crippen LogP contribution is 2.39. The molecule has 0 saturated heterocycles. The van der Waals surface area contributed by atoms with Gasteiger partial charge in [0.15, 0.2) is 0 Å². The van der Waals surface area contributed by atoms with Gasteiger partial charge in [-0.1, -0.05) is 62.4 Å². The third-order valence-electron chi connectivity index (χ3n) is 5.12. The number of hydrogen-bond acceptors (Lipinski definition) is 5. The number of esters is 2. The van der Waals surface area contributed by atoms with E-state index in [0.717, 1.165) is 5.56 Å². The van der Waals surface area contributed by atoms with Crippen LogP contribution in [0, 0.1) is 0 Å². The number of amides is 1. The van der Waals surface area contributed by atoms with Gasteiger partial charge in [-0.3, -0.25) is 4.79 Å². The molecule has 6 heteroatoms. The minimum absolute atomic E-state index is 0.0336. The summed E-state index contributed by atoms with van der Waals surface area (Å²) in [4.78, 5) is 38.8. The Kier molecular flexibility index (Phi) is 7.05. The molecule has 0 saturated carbocycles. The summed E-state index contributed by atoms with van der Waals surface area (Å²) >= 11 is 0. The molecule has 3 aromatic carbocycles. The molecule has 1 N–H and O–H groups in total. The fourth-order valence-corrected chi connectivity index (χ4v) is 3.54. The highest BCUT2D eigenvalue weighted by Gasteiger charge is 2.31. The molecule has 0 aliphatic rings. The second-order valence-electron chi connectivity index (χ2n) is 7.46. The molecule has 0 heterocycles. The summed E-state index contributed by atoms with van der Waals surface area (Å²) in [6.45, 7) is 3.83. The monoisotopic (exact) mass is 431 g/mol. The van der Waals surface area contributed by atoms with Crippen LogP contribution < -0.4 is 5.32 Å². The van der Waals surface area contributed by atoms with E-state index in [1.54, 1.807) is 30.3 Å². The third-order valence-corrected chi connectivity index (χ3v) is 5.12. The number of anilines is 1. The predicted molar refractivity (Wildman–Crippen MR) is 123 cm³/mol. The minimum atomic E-state index is -0.742. The summed E-state index contributed by atoms with van der Waals surface area (Å²) in [6, 6.07) is 19.8. The summed E-state index contributed by atoms with van der Waals surface area (Å²) in [5.41, 5.74) is 2.66. The normalized spacial score (nSPS) is 10.5. The minimum Gasteiger partial charge on any atom is -0.465 e. The highest BCUT2D eigenvalue weighted by atomic mass is 16.5. The maximum Gasteiger partial charge on any atom is 0.340 e. The summed E-state index contributed by atoms with van der Waals surface area (Å²) in [5.74, 6) is -1.94. The highest BCUT2D eigenvalue weighted by molar-refractivity contribution is 6.15. The smallest absolute Gasteiger partial charge is 0.340 e. The van der Waals surface area contributed by atoms with Gasteiger partial charge < -0.3 is 14.8 Å². The van der Waals surface area contributed by atoms with Crippen LogP contribution in [0.3, 0.4) is 0 Å². The summed E-state index contributed by atoms with van der Waals surface area (Å²) < 4.78 is 10.0. The van der Waals surface area contributed by atoms with Crippen molar-refractivity contribution in [1.82, 2.24) is 0 Å². The molecular formula is C26H25NO5. The van der Waals surface area contributed by atoms with Gasteiger partial charge in [-0.25, -0.2) is 9.59 Å². The second kappa shape index (κ2) is 9.92. The van der Waals surface area contributed by atoms with Gasteiger partial charge in [0.1, 0.15) is 0 Å². The van der Waals surface area contributed by atoms with Crippen molar-refractivity contribution < 1.29 is 23.9 Å². The molecule has 0 unspecified atom stereocenters. The van der Waals surface area contributed by atoms with E-state index in [2.05, 4.69) is 5.32 Å². The van der Waals surface area contributed by atoms with Gasteiger partial charge >= 0.3 is 11.9 Å². The Morgan fingerprint density at radius 3 is 1.84 bits per heavy atom. The lowest BCUT2D eigenvalue weighted by Crippen LogP contribution is -2.22. The van der Waals surface area contributed by atoms with E-state index in [-0.39, 0.29) is 22.7 Å². The van der Waals surface area contributed by atoms with Gasteiger partial charge in [0.2, 0.25) is 0 Å². The predicted octanol–water partition coefficient (Wildman–Crippen LogP) is 5.30. The van der Waals surface area contributed by atoms with Crippen LogP contribution in [0.5, 0.6) is 0 Å². The van der Waals surface area contributed by atoms with Gasteiger partial charge in [0, 0.05) is 11.1 Å². The molecule has 0 aliphatic heterocycles. The third kappa shape index (κ3) is 4.54. The number of benzene rings is 3. The first kappa shape index (κ1) is 22.7. The van der Waals surface area contributed by atoms with Crippen LogP contribution in [0.2, 0.25) is 0 Å². The molecule has 1 amide bonds. The molecular weight excluding hydrogens is 406 g/mol. The number of carbonyl (C=O) groups is 3. The number of methoxy groups -OCH3 is 2. The van der Waals surface area contributed by atoms with Crippen molar-refractivity contribution in [2.45, 2.75) is 19.8 Å². The van der Waals surface area contributed by atoms with Crippen molar-refractivity contribution in [3.8, 4) is 11.1 Å². The van der Waals surface area contributed by atoms with Crippen LogP contribution in [0.25, 0.3) is 11.1 Å². The van der Waals surface area contributed by atoms with E-state index in [4.69, 9.17) is 9.47 Å². The van der Waals surface area contributed by atoms with Gasteiger partial charge in [-0.05, 0) is 35.2 Å². The van der Waals surface area contributed by atoms with E-state index in [9.17, 15) is 14.4 Å². The Labute approximate surface area is 187 Å². The molecule has 0 fully saturated rings. The number of ether oxygens (including phenoxy) is 2. The summed E-state index contributed by atoms with van der Waals surface area (Å²) in [6.07, 6.45) is 0. The molecule has 32 heavy (non-hydrogen) atoms. The van der Waals surface area contributed by atoms with Crippen molar-refractivity contribution in [2.75, 3.05) is 19.5 Å². The van der Waals surface area contributed by atoms with Crippen LogP contribution in [0.15, 0.2) is 66.7 Å². The lowest BCUT2D eigenvalue weighted by molar-refractivity contribution is 0.0554. The van der Waals surface area contributed by atoms with Crippen LogP contribution in [-0.2, 0) is 9.47 Å². The molecule has 0 radical (unpaired) electrons. The number of carbonyl (C=O) groups excluding carboxylic acids is 3. The topological polar surface area (TPSA) is 81.7 Å². The van der Waals surface area contributed by atoms with E-state index in [0.29, 0.717) is 16.7 Å². The van der Waals surface area contributed by atoms with Gasteiger partial charge in [0.25, 0.3) is 5.91 Å². The largest absolute Gasteiger partial charge is 0.465 e. The molecule has 0 spiro atoms. The summed E-state index contributed by atoms with van der Waals surface area (Å²) in [7, 11) is 2.48. The average molecular weight is 431 g/mol. The maximum atomic E-state index is 13.1. The van der Waals surface area contributed by atoms with Gasteiger partial charge in [0.05, 0.1) is 31.0 Å². The van der Waals surface area contributed by atoms with Crippen LogP contribution in [-0.4, -0.2) is 32.1 Å². The van der Waals surface area contributed by atoms with Crippen LogP contribution >= 0.6 is 0 Å². The van der Waals surface area contributed by atoms with E-state index in [1.165, 1.54) is 14.2 Å². The standard InChI is InChI=1S/C26H25NO5/c1-16(2)19-15-20(17-11-7-5-8-12-17)23(27-24(28)18-13-9-6-10-14-18)22(26(30)32-4)21(19)25(29)31-3/h5-16H,1-4H3,(H,27,28). The Balaban J connectivity index is 2.37. The summed E-state index contributed by atoms with van der Waals surface area (Å²) in [5, 5.41) is 2.85. The number of rotatable bonds is 6. The first-order valence-corrected chi connectivity index (χ1v) is 10.2. The maximum absolute atomic E-state index is 13.1. The SMILES string of the molecule is COC(=O)c1c(C(C)C)cc(-c2ccccc2)c(NC(=O)c2ccccc2)c1C(=O)OC. The Morgan fingerprint density at radius 2 is 1.31 bits per heavy atom. The molecule has 164 valence electrons. The second-order valence-corrected chi connectivity index (χ2v) is 7.46. The Hall–Kier alpha value is -3.93. The number of nitrogens with one attached hydrogen (secondary N) is 1. The van der Waals surface area contributed by atoms with Crippen molar-refractivity contribution in [2.24, 2.45) is 0 Å². The number of hydrogen-bond donors (Lipinski definition) is 1. The van der Waals surface area contributed by atoms with Crippen molar-refractivity contribution in [3.63, 3.8) is 0 Å². The lowest BCUT2D eigenvalue weighted by atomic mass is 9.87. The molecule has 0 atom stereocenters. The zero-order valence-electron chi connectivity index (χ0n) is 18.5. The molecule has 0 bridgehead atoms. The van der Waals surface area contributed by atoms with Crippen molar-refractivity contribution >= 4 is 23.5 Å². The molecule has 3 aromatic rings. The average Bonchev–Trinajstić information content (AvgIpc) is 2.83. The van der Waals surface area contributed by atoms with Gasteiger partial charge in [-0.2, -0.15) is 0 Å².